The van der Waals surface area contributed by atoms with Gasteiger partial charge in [-0.05, 0) is 48.9 Å². The smallest absolute Gasteiger partial charge is 0.0573 e. The normalized spacial score (nSPS) is 47.6. The number of hydrogen-bond acceptors (Lipinski definition) is 1. The molecule has 2 saturated carbocycles. The zero-order valence-corrected chi connectivity index (χ0v) is 12.0. The molecule has 88 valence electrons. The van der Waals surface area contributed by atoms with Crippen molar-refractivity contribution in [1.29, 1.82) is 0 Å². The van der Waals surface area contributed by atoms with E-state index in [1.165, 1.54) is 30.1 Å². The van der Waals surface area contributed by atoms with E-state index >= 15 is 0 Å². The van der Waals surface area contributed by atoms with Crippen LogP contribution in [-0.2, 0) is 0 Å². The SMILES string of the molecule is C[C@H](CI)C1CC[C@H]2C(O)CCCC12C. The fraction of sp³-hybridized carbons (Fsp3) is 1.00. The molecular weight excluding hydrogens is 299 g/mol. The number of halogens is 1. The van der Waals surface area contributed by atoms with E-state index in [2.05, 4.69) is 36.4 Å². The molecule has 0 heterocycles. The van der Waals surface area contributed by atoms with Crippen molar-refractivity contribution in [1.82, 2.24) is 0 Å². The Hall–Kier alpha value is 0.690. The van der Waals surface area contributed by atoms with Crippen molar-refractivity contribution in [3.05, 3.63) is 0 Å². The second-order valence-electron chi connectivity index (χ2n) is 5.89. The van der Waals surface area contributed by atoms with Gasteiger partial charge in [0.15, 0.2) is 0 Å². The third-order valence-corrected chi connectivity index (χ3v) is 6.48. The van der Waals surface area contributed by atoms with Gasteiger partial charge in [0.2, 0.25) is 0 Å². The maximum atomic E-state index is 10.1. The first-order valence-electron chi connectivity index (χ1n) is 6.33. The molecule has 3 unspecified atom stereocenters. The van der Waals surface area contributed by atoms with Gasteiger partial charge in [-0.1, -0.05) is 42.9 Å². The van der Waals surface area contributed by atoms with Gasteiger partial charge in [-0.25, -0.2) is 0 Å². The molecule has 2 rings (SSSR count). The Morgan fingerprint density at radius 1 is 1.40 bits per heavy atom. The van der Waals surface area contributed by atoms with Crippen LogP contribution in [0.1, 0.15) is 46.0 Å². The lowest BCUT2D eigenvalue weighted by atomic mass is 9.62. The van der Waals surface area contributed by atoms with Gasteiger partial charge in [0, 0.05) is 4.43 Å². The molecule has 5 atom stereocenters. The molecule has 0 aliphatic heterocycles. The Morgan fingerprint density at radius 2 is 2.13 bits per heavy atom. The van der Waals surface area contributed by atoms with Crippen LogP contribution in [0.2, 0.25) is 0 Å². The maximum Gasteiger partial charge on any atom is 0.0573 e. The van der Waals surface area contributed by atoms with E-state index in [1.807, 2.05) is 0 Å². The van der Waals surface area contributed by atoms with Crippen LogP contribution in [0.15, 0.2) is 0 Å². The summed E-state index contributed by atoms with van der Waals surface area (Å²) in [7, 11) is 0. The highest BCUT2D eigenvalue weighted by Gasteiger charge is 2.51. The van der Waals surface area contributed by atoms with Gasteiger partial charge in [0.25, 0.3) is 0 Å². The van der Waals surface area contributed by atoms with Gasteiger partial charge in [-0.3, -0.25) is 0 Å². The quantitative estimate of drug-likeness (QED) is 0.608. The van der Waals surface area contributed by atoms with Crippen LogP contribution < -0.4 is 0 Å². The fourth-order valence-corrected chi connectivity index (χ4v) is 4.85. The van der Waals surface area contributed by atoms with Crippen LogP contribution in [0.25, 0.3) is 0 Å². The summed E-state index contributed by atoms with van der Waals surface area (Å²) in [5, 5.41) is 10.1. The van der Waals surface area contributed by atoms with Crippen molar-refractivity contribution in [2.45, 2.75) is 52.1 Å². The second kappa shape index (κ2) is 4.52. The number of hydrogen-bond donors (Lipinski definition) is 1. The van der Waals surface area contributed by atoms with Gasteiger partial charge in [-0.15, -0.1) is 0 Å². The first kappa shape index (κ1) is 12.2. The lowest BCUT2D eigenvalue weighted by Crippen LogP contribution is -2.41. The first-order chi connectivity index (χ1) is 7.09. The molecule has 0 aromatic carbocycles. The molecule has 2 aliphatic carbocycles. The summed E-state index contributed by atoms with van der Waals surface area (Å²) in [6.07, 6.45) is 6.24. The Morgan fingerprint density at radius 3 is 2.80 bits per heavy atom. The third-order valence-electron chi connectivity index (χ3n) is 5.09. The monoisotopic (exact) mass is 322 g/mol. The van der Waals surface area contributed by atoms with Crippen LogP contribution in [0.4, 0.5) is 0 Å². The Bertz CT molecular complexity index is 231. The van der Waals surface area contributed by atoms with Gasteiger partial charge >= 0.3 is 0 Å². The van der Waals surface area contributed by atoms with Gasteiger partial charge in [0.05, 0.1) is 6.10 Å². The Kier molecular flexibility index (Phi) is 3.66. The van der Waals surface area contributed by atoms with Crippen LogP contribution in [0, 0.1) is 23.2 Å². The van der Waals surface area contributed by atoms with E-state index in [4.69, 9.17) is 0 Å². The Balaban J connectivity index is 2.17. The lowest BCUT2D eigenvalue weighted by molar-refractivity contribution is -0.0247. The predicted octanol–water partition coefficient (Wildman–Crippen LogP) is 3.63. The fourth-order valence-electron chi connectivity index (χ4n) is 4.23. The number of rotatable bonds is 2. The largest absolute Gasteiger partial charge is 0.393 e. The second-order valence-corrected chi connectivity index (χ2v) is 6.77. The molecule has 0 aromatic rings. The van der Waals surface area contributed by atoms with Crippen molar-refractivity contribution >= 4 is 22.6 Å². The van der Waals surface area contributed by atoms with Crippen molar-refractivity contribution in [3.63, 3.8) is 0 Å². The van der Waals surface area contributed by atoms with E-state index in [1.54, 1.807) is 0 Å². The van der Waals surface area contributed by atoms with E-state index in [9.17, 15) is 5.11 Å². The molecule has 1 N–H and O–H groups in total. The number of aliphatic hydroxyl groups excluding tert-OH is 1. The lowest BCUT2D eigenvalue weighted by Gasteiger charge is -2.45. The summed E-state index contributed by atoms with van der Waals surface area (Å²) >= 11 is 2.52. The highest BCUT2D eigenvalue weighted by Crippen LogP contribution is 2.57. The van der Waals surface area contributed by atoms with Crippen LogP contribution in [-0.4, -0.2) is 15.6 Å². The summed E-state index contributed by atoms with van der Waals surface area (Å²) in [6, 6.07) is 0. The molecule has 0 aromatic heterocycles. The van der Waals surface area contributed by atoms with E-state index in [0.29, 0.717) is 11.3 Å². The molecule has 0 bridgehead atoms. The molecule has 0 radical (unpaired) electrons. The molecule has 2 heteroatoms. The first-order valence-corrected chi connectivity index (χ1v) is 7.86. The Labute approximate surface area is 107 Å². The molecule has 2 aliphatic rings. The van der Waals surface area contributed by atoms with Crippen molar-refractivity contribution in [2.24, 2.45) is 23.2 Å². The summed E-state index contributed by atoms with van der Waals surface area (Å²) in [5.74, 6) is 2.28. The molecule has 15 heavy (non-hydrogen) atoms. The summed E-state index contributed by atoms with van der Waals surface area (Å²) in [5.41, 5.74) is 0.447. The molecule has 0 saturated heterocycles. The van der Waals surface area contributed by atoms with Crippen molar-refractivity contribution in [2.75, 3.05) is 4.43 Å². The predicted molar refractivity (Wildman–Crippen MR) is 72.2 cm³/mol. The topological polar surface area (TPSA) is 20.2 Å². The van der Waals surface area contributed by atoms with Gasteiger partial charge < -0.3 is 5.11 Å². The highest BCUT2D eigenvalue weighted by molar-refractivity contribution is 14.1. The molecule has 0 amide bonds. The number of fused-ring (bicyclic) bond motifs is 1. The molecular formula is C13H23IO. The zero-order chi connectivity index (χ0) is 11.1. The molecule has 2 fully saturated rings. The third kappa shape index (κ3) is 1.97. The molecule has 0 spiro atoms. The van der Waals surface area contributed by atoms with Crippen LogP contribution in [0.5, 0.6) is 0 Å². The summed E-state index contributed by atoms with van der Waals surface area (Å²) < 4.78 is 1.26. The van der Waals surface area contributed by atoms with Gasteiger partial charge in [-0.2, -0.15) is 0 Å². The van der Waals surface area contributed by atoms with E-state index < -0.39 is 0 Å². The minimum Gasteiger partial charge on any atom is -0.393 e. The zero-order valence-electron chi connectivity index (χ0n) is 9.88. The standard InChI is InChI=1S/C13H23IO/c1-9(8-14)10-5-6-11-12(15)4-3-7-13(10,11)2/h9-12,15H,3-8H2,1-2H3/t9-,10?,11+,12?,13?/m1/s1. The van der Waals surface area contributed by atoms with E-state index in [0.717, 1.165) is 18.3 Å². The summed E-state index contributed by atoms with van der Waals surface area (Å²) in [4.78, 5) is 0. The van der Waals surface area contributed by atoms with Crippen molar-refractivity contribution in [3.8, 4) is 0 Å². The number of aliphatic hydroxyl groups is 1. The highest BCUT2D eigenvalue weighted by atomic mass is 127. The summed E-state index contributed by atoms with van der Waals surface area (Å²) in [6.45, 7) is 4.84. The van der Waals surface area contributed by atoms with Crippen LogP contribution >= 0.6 is 22.6 Å². The maximum absolute atomic E-state index is 10.1. The number of alkyl halides is 1. The average Bonchev–Trinajstić information content (AvgIpc) is 2.56. The minimum atomic E-state index is -0.00448. The minimum absolute atomic E-state index is 0.00448. The average molecular weight is 322 g/mol. The van der Waals surface area contributed by atoms with Crippen LogP contribution in [0.3, 0.4) is 0 Å². The van der Waals surface area contributed by atoms with Gasteiger partial charge in [0.1, 0.15) is 0 Å². The van der Waals surface area contributed by atoms with E-state index in [-0.39, 0.29) is 6.10 Å². The molecule has 1 nitrogen and oxygen atoms in total. The van der Waals surface area contributed by atoms with Crippen molar-refractivity contribution < 1.29 is 5.11 Å².